The van der Waals surface area contributed by atoms with E-state index in [4.69, 9.17) is 10.9 Å². The fourth-order valence-electron chi connectivity index (χ4n) is 1.32. The Morgan fingerprint density at radius 1 is 1.44 bits per heavy atom. The molecule has 1 aromatic carbocycles. The van der Waals surface area contributed by atoms with Gasteiger partial charge < -0.3 is 16.3 Å². The first-order valence-corrected chi connectivity index (χ1v) is 5.71. The number of oxime groups is 1. The van der Waals surface area contributed by atoms with Crippen LogP contribution in [-0.2, 0) is 0 Å². The van der Waals surface area contributed by atoms with E-state index in [0.29, 0.717) is 11.3 Å². The normalized spacial score (nSPS) is 11.2. The number of rotatable bonds is 3. The van der Waals surface area contributed by atoms with Crippen molar-refractivity contribution >= 4 is 29.0 Å². The molecule has 2 aromatic rings. The van der Waals surface area contributed by atoms with Gasteiger partial charge in [-0.1, -0.05) is 21.8 Å². The van der Waals surface area contributed by atoms with Crippen molar-refractivity contribution in [3.8, 4) is 0 Å². The van der Waals surface area contributed by atoms with Crippen LogP contribution in [0, 0.1) is 0 Å². The first-order chi connectivity index (χ1) is 8.72. The van der Waals surface area contributed by atoms with E-state index in [1.54, 1.807) is 24.3 Å². The summed E-state index contributed by atoms with van der Waals surface area (Å²) in [6.45, 7) is 0. The molecule has 0 radical (unpaired) electrons. The maximum atomic E-state index is 11.8. The largest absolute Gasteiger partial charge is 0.409 e. The lowest BCUT2D eigenvalue weighted by Crippen LogP contribution is -2.19. The number of hydrogen-bond donors (Lipinski definition) is 3. The number of nitrogens with zero attached hydrogens (tertiary/aromatic N) is 3. The van der Waals surface area contributed by atoms with Gasteiger partial charge in [-0.25, -0.2) is 0 Å². The van der Waals surface area contributed by atoms with Gasteiger partial charge in [-0.3, -0.25) is 4.79 Å². The van der Waals surface area contributed by atoms with E-state index in [9.17, 15) is 4.79 Å². The van der Waals surface area contributed by atoms with E-state index in [0.717, 1.165) is 11.5 Å². The first-order valence-electron chi connectivity index (χ1n) is 4.87. The third kappa shape index (κ3) is 2.43. The number of nitrogens with two attached hydrogens (primary N) is 1. The first kappa shape index (κ1) is 12.0. The molecule has 0 saturated heterocycles. The zero-order valence-corrected chi connectivity index (χ0v) is 9.89. The summed E-state index contributed by atoms with van der Waals surface area (Å²) in [5, 5.41) is 19.4. The van der Waals surface area contributed by atoms with Crippen molar-refractivity contribution in [3.05, 3.63) is 40.9 Å². The number of carbonyl (C=O) groups is 1. The third-order valence-electron chi connectivity index (χ3n) is 2.15. The molecule has 1 amide bonds. The predicted molar refractivity (Wildman–Crippen MR) is 66.8 cm³/mol. The van der Waals surface area contributed by atoms with Crippen molar-refractivity contribution in [2.45, 2.75) is 0 Å². The van der Waals surface area contributed by atoms with Crippen LogP contribution in [0.2, 0.25) is 0 Å². The number of hydrogen-bond acceptors (Lipinski definition) is 6. The number of carbonyl (C=O) groups excluding carboxylic acids is 1. The summed E-state index contributed by atoms with van der Waals surface area (Å²) in [5.41, 5.74) is 6.59. The zero-order valence-electron chi connectivity index (χ0n) is 9.07. The molecule has 0 aliphatic carbocycles. The Kier molecular flexibility index (Phi) is 3.49. The summed E-state index contributed by atoms with van der Waals surface area (Å²) >= 11 is 1.08. The fourth-order valence-corrected chi connectivity index (χ4v) is 1.76. The Bertz CT molecular complexity index is 582. The lowest BCUT2D eigenvalue weighted by molar-refractivity contribution is 0.102. The van der Waals surface area contributed by atoms with Crippen LogP contribution in [0.15, 0.2) is 34.8 Å². The second kappa shape index (κ2) is 5.23. The minimum absolute atomic E-state index is 0.0812. The average molecular weight is 263 g/mol. The van der Waals surface area contributed by atoms with Gasteiger partial charge >= 0.3 is 0 Å². The maximum absolute atomic E-state index is 11.8. The molecule has 4 N–H and O–H groups in total. The highest BCUT2D eigenvalue weighted by atomic mass is 32.1. The van der Waals surface area contributed by atoms with Crippen LogP contribution >= 0.6 is 11.5 Å². The number of benzene rings is 1. The fraction of sp³-hybridized carbons (Fsp3) is 0. The second-order valence-corrected chi connectivity index (χ2v) is 3.88. The van der Waals surface area contributed by atoms with Crippen molar-refractivity contribution in [2.75, 3.05) is 5.32 Å². The van der Waals surface area contributed by atoms with E-state index >= 15 is 0 Å². The molecule has 0 aliphatic heterocycles. The standard InChI is InChI=1S/C10H9N5O2S/c11-9(14-17)6-3-1-2-4-7(6)12-10(16)8-5-18-15-13-8/h1-5,17H,(H2,11,14)(H,12,16). The molecular formula is C10H9N5O2S. The average Bonchev–Trinajstić information content (AvgIpc) is 2.92. The molecule has 0 atom stereocenters. The van der Waals surface area contributed by atoms with Crippen molar-refractivity contribution < 1.29 is 10.0 Å². The Hall–Kier alpha value is -2.48. The molecule has 18 heavy (non-hydrogen) atoms. The summed E-state index contributed by atoms with van der Waals surface area (Å²) < 4.78 is 3.60. The van der Waals surface area contributed by atoms with Crippen molar-refractivity contribution in [2.24, 2.45) is 10.9 Å². The van der Waals surface area contributed by atoms with E-state index < -0.39 is 5.91 Å². The van der Waals surface area contributed by atoms with Crippen LogP contribution in [0.5, 0.6) is 0 Å². The molecule has 0 bridgehead atoms. The Labute approximate surface area is 106 Å². The van der Waals surface area contributed by atoms with Gasteiger partial charge in [-0.05, 0) is 23.7 Å². The van der Waals surface area contributed by atoms with Gasteiger partial charge in [-0.2, -0.15) is 0 Å². The van der Waals surface area contributed by atoms with E-state index in [1.165, 1.54) is 5.38 Å². The van der Waals surface area contributed by atoms with Gasteiger partial charge in [0.2, 0.25) is 0 Å². The summed E-state index contributed by atoms with van der Waals surface area (Å²) in [6.07, 6.45) is 0. The molecule has 8 heteroatoms. The van der Waals surface area contributed by atoms with Gasteiger partial charge in [0.05, 0.1) is 5.69 Å². The Morgan fingerprint density at radius 2 is 2.22 bits per heavy atom. The molecule has 0 aliphatic rings. The summed E-state index contributed by atoms with van der Waals surface area (Å²) in [5.74, 6) is -0.482. The molecule has 0 saturated carbocycles. The highest BCUT2D eigenvalue weighted by Crippen LogP contribution is 2.15. The number of amidine groups is 1. The SMILES string of the molecule is NC(=NO)c1ccccc1NC(=O)c1csnn1. The number of amides is 1. The lowest BCUT2D eigenvalue weighted by atomic mass is 10.1. The molecule has 0 unspecified atom stereocenters. The number of nitrogens with one attached hydrogen (secondary N) is 1. The van der Waals surface area contributed by atoms with E-state index in [2.05, 4.69) is 20.1 Å². The van der Waals surface area contributed by atoms with Crippen LogP contribution in [-0.4, -0.2) is 26.5 Å². The Morgan fingerprint density at radius 3 is 2.89 bits per heavy atom. The smallest absolute Gasteiger partial charge is 0.277 e. The lowest BCUT2D eigenvalue weighted by Gasteiger charge is -2.08. The maximum Gasteiger partial charge on any atom is 0.277 e. The van der Waals surface area contributed by atoms with Crippen LogP contribution in [0.1, 0.15) is 16.1 Å². The highest BCUT2D eigenvalue weighted by molar-refractivity contribution is 7.03. The van der Waals surface area contributed by atoms with Crippen molar-refractivity contribution in [3.63, 3.8) is 0 Å². The molecule has 1 heterocycles. The monoisotopic (exact) mass is 263 g/mol. The van der Waals surface area contributed by atoms with E-state index in [1.807, 2.05) is 0 Å². The second-order valence-electron chi connectivity index (χ2n) is 3.28. The van der Waals surface area contributed by atoms with Crippen LogP contribution in [0.4, 0.5) is 5.69 Å². The van der Waals surface area contributed by atoms with Crippen LogP contribution in [0.25, 0.3) is 0 Å². The quantitative estimate of drug-likeness (QED) is 0.329. The molecule has 0 spiro atoms. The zero-order chi connectivity index (χ0) is 13.0. The summed E-state index contributed by atoms with van der Waals surface area (Å²) in [4.78, 5) is 11.8. The minimum Gasteiger partial charge on any atom is -0.409 e. The van der Waals surface area contributed by atoms with Gasteiger partial charge in [0, 0.05) is 10.9 Å². The van der Waals surface area contributed by atoms with Crippen LogP contribution < -0.4 is 11.1 Å². The molecule has 1 aromatic heterocycles. The molecule has 7 nitrogen and oxygen atoms in total. The van der Waals surface area contributed by atoms with Gasteiger partial charge in [0.25, 0.3) is 5.91 Å². The van der Waals surface area contributed by atoms with Gasteiger partial charge in [0.15, 0.2) is 11.5 Å². The van der Waals surface area contributed by atoms with Crippen LogP contribution in [0.3, 0.4) is 0 Å². The number of anilines is 1. The Balaban J connectivity index is 2.27. The molecule has 0 fully saturated rings. The molecule has 2 rings (SSSR count). The van der Waals surface area contributed by atoms with Crippen molar-refractivity contribution in [1.82, 2.24) is 9.59 Å². The van der Waals surface area contributed by atoms with Crippen molar-refractivity contribution in [1.29, 1.82) is 0 Å². The molecular weight excluding hydrogens is 254 g/mol. The number of para-hydroxylation sites is 1. The van der Waals surface area contributed by atoms with E-state index in [-0.39, 0.29) is 11.5 Å². The molecule has 92 valence electrons. The highest BCUT2D eigenvalue weighted by Gasteiger charge is 2.12. The topological polar surface area (TPSA) is 113 Å². The van der Waals surface area contributed by atoms with Gasteiger partial charge in [0.1, 0.15) is 0 Å². The summed E-state index contributed by atoms with van der Waals surface area (Å²) in [7, 11) is 0. The third-order valence-corrected chi connectivity index (χ3v) is 2.66. The summed E-state index contributed by atoms with van der Waals surface area (Å²) in [6, 6.07) is 6.71. The number of aromatic nitrogens is 2. The van der Waals surface area contributed by atoms with Gasteiger partial charge in [-0.15, -0.1) is 5.10 Å². The predicted octanol–water partition coefficient (Wildman–Crippen LogP) is 0.885. The minimum atomic E-state index is -0.401.